The number of nitrogens with one attached hydrogen (secondary N) is 1. The van der Waals surface area contributed by atoms with Crippen LogP contribution in [0.3, 0.4) is 0 Å². The second kappa shape index (κ2) is 8.83. The molecule has 0 aromatic heterocycles. The number of aliphatic hydroxyl groups is 1. The highest BCUT2D eigenvalue weighted by atomic mass is 35.5. The molecule has 0 saturated heterocycles. The fraction of sp³-hybridized carbons (Fsp3) is 0.286. The third-order valence-electron chi connectivity index (χ3n) is 4.59. The van der Waals surface area contributed by atoms with E-state index >= 15 is 0 Å². The number of rotatable bonds is 7. The SMILES string of the molecule is O=C(/C=C/c1ccc2c(c1)CCC2NCCc1cc(Cl)cc(Cl)c1)CO. The summed E-state index contributed by atoms with van der Waals surface area (Å²) in [6.07, 6.45) is 6.13. The highest BCUT2D eigenvalue weighted by molar-refractivity contribution is 6.34. The van der Waals surface area contributed by atoms with Gasteiger partial charge in [-0.05, 0) is 72.3 Å². The van der Waals surface area contributed by atoms with Crippen LogP contribution >= 0.6 is 23.2 Å². The molecule has 136 valence electrons. The van der Waals surface area contributed by atoms with Crippen LogP contribution in [0.2, 0.25) is 10.0 Å². The lowest BCUT2D eigenvalue weighted by molar-refractivity contribution is -0.117. The van der Waals surface area contributed by atoms with Crippen LogP contribution < -0.4 is 5.32 Å². The van der Waals surface area contributed by atoms with E-state index in [0.29, 0.717) is 16.1 Å². The van der Waals surface area contributed by atoms with Crippen LogP contribution in [0.15, 0.2) is 42.5 Å². The molecule has 0 saturated carbocycles. The summed E-state index contributed by atoms with van der Waals surface area (Å²) < 4.78 is 0. The van der Waals surface area contributed by atoms with Crippen LogP contribution in [0.5, 0.6) is 0 Å². The largest absolute Gasteiger partial charge is 0.388 e. The summed E-state index contributed by atoms with van der Waals surface area (Å²) >= 11 is 12.1. The van der Waals surface area contributed by atoms with Crippen LogP contribution in [-0.4, -0.2) is 24.0 Å². The zero-order valence-electron chi connectivity index (χ0n) is 14.3. The molecule has 2 aromatic carbocycles. The Morgan fingerprint density at radius 3 is 2.69 bits per heavy atom. The summed E-state index contributed by atoms with van der Waals surface area (Å²) in [5, 5.41) is 13.7. The van der Waals surface area contributed by atoms with E-state index < -0.39 is 6.61 Å². The number of aryl methyl sites for hydroxylation is 1. The molecular formula is C21H21Cl2NO2. The van der Waals surface area contributed by atoms with Crippen LogP contribution in [0, 0.1) is 0 Å². The van der Waals surface area contributed by atoms with E-state index in [1.165, 1.54) is 17.2 Å². The Hall–Kier alpha value is -1.65. The zero-order valence-corrected chi connectivity index (χ0v) is 15.9. The van der Waals surface area contributed by atoms with Crippen LogP contribution in [0.25, 0.3) is 6.08 Å². The lowest BCUT2D eigenvalue weighted by atomic mass is 10.0. The number of hydrogen-bond donors (Lipinski definition) is 2. The number of carbonyl (C=O) groups is 1. The number of benzene rings is 2. The predicted molar refractivity (Wildman–Crippen MR) is 107 cm³/mol. The molecule has 2 aromatic rings. The van der Waals surface area contributed by atoms with Gasteiger partial charge in [-0.25, -0.2) is 0 Å². The highest BCUT2D eigenvalue weighted by Crippen LogP contribution is 2.32. The molecule has 26 heavy (non-hydrogen) atoms. The van der Waals surface area contributed by atoms with Crippen LogP contribution in [0.1, 0.15) is 34.7 Å². The second-order valence-electron chi connectivity index (χ2n) is 6.49. The van der Waals surface area contributed by atoms with Crippen LogP contribution in [-0.2, 0) is 17.6 Å². The molecule has 1 aliphatic carbocycles. The van der Waals surface area contributed by atoms with E-state index in [2.05, 4.69) is 17.4 Å². The van der Waals surface area contributed by atoms with Gasteiger partial charge in [-0.1, -0.05) is 47.5 Å². The van der Waals surface area contributed by atoms with Gasteiger partial charge in [0, 0.05) is 16.1 Å². The quantitative estimate of drug-likeness (QED) is 0.690. The standard InChI is InChI=1S/C21H21Cl2NO2/c22-17-10-15(11-18(23)12-17)7-8-24-21-6-3-16-9-14(2-5-20(16)21)1-4-19(26)13-25/h1-2,4-5,9-12,21,24-25H,3,6-8,13H2/b4-1+. The van der Waals surface area contributed by atoms with Gasteiger partial charge < -0.3 is 10.4 Å². The summed E-state index contributed by atoms with van der Waals surface area (Å²) in [6, 6.07) is 12.2. The smallest absolute Gasteiger partial charge is 0.181 e. The first-order valence-electron chi connectivity index (χ1n) is 8.68. The summed E-state index contributed by atoms with van der Waals surface area (Å²) in [7, 11) is 0. The molecule has 0 radical (unpaired) electrons. The Balaban J connectivity index is 1.59. The molecule has 0 fully saturated rings. The molecule has 3 rings (SSSR count). The number of halogens is 2. The second-order valence-corrected chi connectivity index (χ2v) is 7.36. The maximum absolute atomic E-state index is 11.2. The fourth-order valence-corrected chi connectivity index (χ4v) is 3.91. The molecule has 5 heteroatoms. The highest BCUT2D eigenvalue weighted by Gasteiger charge is 2.21. The molecule has 0 aliphatic heterocycles. The van der Waals surface area contributed by atoms with E-state index in [-0.39, 0.29) is 5.78 Å². The summed E-state index contributed by atoms with van der Waals surface area (Å²) in [4.78, 5) is 11.2. The monoisotopic (exact) mass is 389 g/mol. The molecule has 1 aliphatic rings. The maximum Gasteiger partial charge on any atom is 0.181 e. The number of hydrogen-bond acceptors (Lipinski definition) is 3. The average Bonchev–Trinajstić information content (AvgIpc) is 3.01. The summed E-state index contributed by atoms with van der Waals surface area (Å²) in [6.45, 7) is 0.401. The Bertz CT molecular complexity index is 813. The molecular weight excluding hydrogens is 369 g/mol. The Morgan fingerprint density at radius 2 is 1.96 bits per heavy atom. The van der Waals surface area contributed by atoms with Gasteiger partial charge in [-0.3, -0.25) is 4.79 Å². The number of carbonyl (C=O) groups excluding carboxylic acids is 1. The summed E-state index contributed by atoms with van der Waals surface area (Å²) in [5.74, 6) is -0.286. The molecule has 0 bridgehead atoms. The van der Waals surface area contributed by atoms with Gasteiger partial charge in [-0.2, -0.15) is 0 Å². The first-order chi connectivity index (χ1) is 12.5. The van der Waals surface area contributed by atoms with Crippen molar-refractivity contribution in [3.8, 4) is 0 Å². The van der Waals surface area contributed by atoms with Crippen molar-refractivity contribution in [2.24, 2.45) is 0 Å². The summed E-state index contributed by atoms with van der Waals surface area (Å²) in [5.41, 5.74) is 4.74. The van der Waals surface area contributed by atoms with Crippen molar-refractivity contribution in [3.63, 3.8) is 0 Å². The van der Waals surface area contributed by atoms with Gasteiger partial charge in [0.05, 0.1) is 0 Å². The van der Waals surface area contributed by atoms with Crippen molar-refractivity contribution < 1.29 is 9.90 Å². The third-order valence-corrected chi connectivity index (χ3v) is 5.03. The fourth-order valence-electron chi connectivity index (χ4n) is 3.34. The van der Waals surface area contributed by atoms with E-state index in [0.717, 1.165) is 36.9 Å². The van der Waals surface area contributed by atoms with Crippen molar-refractivity contribution in [1.29, 1.82) is 0 Å². The minimum absolute atomic E-state index is 0.286. The zero-order chi connectivity index (χ0) is 18.5. The number of fused-ring (bicyclic) bond motifs is 1. The van der Waals surface area contributed by atoms with Gasteiger partial charge in [0.2, 0.25) is 0 Å². The van der Waals surface area contributed by atoms with Crippen LogP contribution in [0.4, 0.5) is 0 Å². The van der Waals surface area contributed by atoms with E-state index in [9.17, 15) is 4.79 Å². The van der Waals surface area contributed by atoms with Crippen molar-refractivity contribution >= 4 is 35.1 Å². The van der Waals surface area contributed by atoms with Crippen molar-refractivity contribution in [2.75, 3.05) is 13.2 Å². The van der Waals surface area contributed by atoms with E-state index in [1.54, 1.807) is 12.1 Å². The van der Waals surface area contributed by atoms with Crippen molar-refractivity contribution in [1.82, 2.24) is 5.32 Å². The molecule has 0 heterocycles. The topological polar surface area (TPSA) is 49.3 Å². The average molecular weight is 390 g/mol. The predicted octanol–water partition coefficient (Wildman–Crippen LogP) is 4.39. The molecule has 1 unspecified atom stereocenters. The van der Waals surface area contributed by atoms with Gasteiger partial charge >= 0.3 is 0 Å². The van der Waals surface area contributed by atoms with E-state index in [1.807, 2.05) is 18.2 Å². The Morgan fingerprint density at radius 1 is 1.19 bits per heavy atom. The lowest BCUT2D eigenvalue weighted by Crippen LogP contribution is -2.21. The van der Waals surface area contributed by atoms with Crippen molar-refractivity contribution in [3.05, 3.63) is 74.8 Å². The third kappa shape index (κ3) is 4.95. The van der Waals surface area contributed by atoms with Gasteiger partial charge in [-0.15, -0.1) is 0 Å². The van der Waals surface area contributed by atoms with Gasteiger partial charge in [0.25, 0.3) is 0 Å². The van der Waals surface area contributed by atoms with E-state index in [4.69, 9.17) is 28.3 Å². The molecule has 2 N–H and O–H groups in total. The minimum atomic E-state index is -0.453. The molecule has 3 nitrogen and oxygen atoms in total. The van der Waals surface area contributed by atoms with Crippen molar-refractivity contribution in [2.45, 2.75) is 25.3 Å². The molecule has 0 amide bonds. The normalized spacial score (nSPS) is 16.2. The number of ketones is 1. The maximum atomic E-state index is 11.2. The van der Waals surface area contributed by atoms with Gasteiger partial charge in [0.15, 0.2) is 5.78 Å². The molecule has 1 atom stereocenters. The number of aliphatic hydroxyl groups excluding tert-OH is 1. The first-order valence-corrected chi connectivity index (χ1v) is 9.43. The molecule has 0 spiro atoms. The lowest BCUT2D eigenvalue weighted by Gasteiger charge is -2.14. The minimum Gasteiger partial charge on any atom is -0.388 e. The van der Waals surface area contributed by atoms with Gasteiger partial charge in [0.1, 0.15) is 6.61 Å². The Kier molecular flexibility index (Phi) is 6.49. The first kappa shape index (κ1) is 19.1. The Labute approximate surface area is 163 Å².